The molecule has 1 aromatic rings. The molecule has 88 valence electrons. The van der Waals surface area contributed by atoms with Gasteiger partial charge >= 0.3 is 0 Å². The van der Waals surface area contributed by atoms with Crippen LogP contribution in [-0.2, 0) is 0 Å². The minimum absolute atomic E-state index is 0.301. The maximum absolute atomic E-state index is 9.34. The van der Waals surface area contributed by atoms with Gasteiger partial charge in [-0.05, 0) is 25.1 Å². The summed E-state index contributed by atoms with van der Waals surface area (Å²) < 4.78 is 0. The fraction of sp³-hybridized carbons (Fsp3) is 0.364. The minimum Gasteiger partial charge on any atom is -0.392 e. The maximum Gasteiger partial charge on any atom is 0.106 e. The summed E-state index contributed by atoms with van der Waals surface area (Å²) in [4.78, 5) is 2.20. The van der Waals surface area contributed by atoms with Gasteiger partial charge in [-0.15, -0.1) is 0 Å². The van der Waals surface area contributed by atoms with Crippen molar-refractivity contribution in [2.45, 2.75) is 13.0 Å². The summed E-state index contributed by atoms with van der Waals surface area (Å²) in [5, 5.41) is 9.93. The monoisotopic (exact) mass is 258 g/mol. The number of nitrogens with two attached hydrogens (primary N) is 1. The number of thiocarbonyl (C=S) groups is 1. The van der Waals surface area contributed by atoms with E-state index in [4.69, 9.17) is 29.6 Å². The normalized spacial score (nSPS) is 12.2. The average molecular weight is 259 g/mol. The molecule has 0 aromatic heterocycles. The molecule has 1 unspecified atom stereocenters. The molecular weight excluding hydrogens is 244 g/mol. The number of benzene rings is 1. The Kier molecular flexibility index (Phi) is 4.53. The quantitative estimate of drug-likeness (QED) is 0.809. The Bertz CT molecular complexity index is 396. The molecule has 0 heterocycles. The number of rotatable bonds is 4. The molecule has 3 nitrogen and oxygen atoms in total. The highest BCUT2D eigenvalue weighted by atomic mass is 35.5. The highest BCUT2D eigenvalue weighted by molar-refractivity contribution is 7.80. The second kappa shape index (κ2) is 5.48. The van der Waals surface area contributed by atoms with E-state index in [2.05, 4.69) is 0 Å². The fourth-order valence-electron chi connectivity index (χ4n) is 1.53. The zero-order valence-corrected chi connectivity index (χ0v) is 10.8. The van der Waals surface area contributed by atoms with Gasteiger partial charge in [0.15, 0.2) is 0 Å². The topological polar surface area (TPSA) is 49.5 Å². The molecule has 0 saturated heterocycles. The number of hydrogen-bond acceptors (Lipinski definition) is 3. The van der Waals surface area contributed by atoms with Gasteiger partial charge in [-0.25, -0.2) is 0 Å². The van der Waals surface area contributed by atoms with Gasteiger partial charge in [0.1, 0.15) is 4.99 Å². The molecule has 0 fully saturated rings. The molecular formula is C11H15ClN2OS. The molecule has 0 aliphatic heterocycles. The Labute approximate surface area is 106 Å². The third-order valence-corrected chi connectivity index (χ3v) is 2.63. The van der Waals surface area contributed by atoms with Gasteiger partial charge in [-0.2, -0.15) is 0 Å². The van der Waals surface area contributed by atoms with Crippen molar-refractivity contribution < 1.29 is 5.11 Å². The molecule has 1 atom stereocenters. The smallest absolute Gasteiger partial charge is 0.106 e. The maximum atomic E-state index is 9.34. The van der Waals surface area contributed by atoms with E-state index in [1.165, 1.54) is 0 Å². The van der Waals surface area contributed by atoms with E-state index in [1.807, 2.05) is 18.0 Å². The Morgan fingerprint density at radius 3 is 2.75 bits per heavy atom. The molecule has 5 heteroatoms. The zero-order valence-electron chi connectivity index (χ0n) is 9.27. The number of hydrogen-bond donors (Lipinski definition) is 2. The highest BCUT2D eigenvalue weighted by Crippen LogP contribution is 2.23. The standard InChI is InChI=1S/C11H15ClN2OS/c1-7(15)6-14(2)10-4-3-8(12)5-9(10)11(13)16/h3-5,7,15H,6H2,1-2H3,(H2,13,16). The molecule has 0 saturated carbocycles. The van der Waals surface area contributed by atoms with E-state index in [0.717, 1.165) is 11.3 Å². The number of aliphatic hydroxyl groups excluding tert-OH is 1. The van der Waals surface area contributed by atoms with Gasteiger partial charge in [0, 0.05) is 29.9 Å². The summed E-state index contributed by atoms with van der Waals surface area (Å²) in [6.07, 6.45) is -0.417. The van der Waals surface area contributed by atoms with Crippen LogP contribution in [0.3, 0.4) is 0 Å². The van der Waals surface area contributed by atoms with Crippen LogP contribution >= 0.6 is 23.8 Å². The Morgan fingerprint density at radius 2 is 2.25 bits per heavy atom. The summed E-state index contributed by atoms with van der Waals surface area (Å²) in [6.45, 7) is 2.24. The van der Waals surface area contributed by atoms with Gasteiger partial charge in [0.25, 0.3) is 0 Å². The van der Waals surface area contributed by atoms with Crippen molar-refractivity contribution in [3.63, 3.8) is 0 Å². The van der Waals surface area contributed by atoms with Crippen LogP contribution < -0.4 is 10.6 Å². The first kappa shape index (κ1) is 13.2. The van der Waals surface area contributed by atoms with Crippen molar-refractivity contribution in [2.24, 2.45) is 5.73 Å². The van der Waals surface area contributed by atoms with Crippen molar-refractivity contribution in [3.8, 4) is 0 Å². The number of aliphatic hydroxyl groups is 1. The van der Waals surface area contributed by atoms with E-state index in [0.29, 0.717) is 16.6 Å². The van der Waals surface area contributed by atoms with E-state index >= 15 is 0 Å². The number of halogens is 1. The number of likely N-dealkylation sites (N-methyl/N-ethyl adjacent to an activating group) is 1. The lowest BCUT2D eigenvalue weighted by atomic mass is 10.1. The lowest BCUT2D eigenvalue weighted by Crippen LogP contribution is -2.29. The van der Waals surface area contributed by atoms with E-state index in [-0.39, 0.29) is 0 Å². The SMILES string of the molecule is CC(O)CN(C)c1ccc(Cl)cc1C(N)=S. The highest BCUT2D eigenvalue weighted by Gasteiger charge is 2.11. The first-order chi connectivity index (χ1) is 7.41. The summed E-state index contributed by atoms with van der Waals surface area (Å²) in [5.74, 6) is 0. The number of nitrogens with zero attached hydrogens (tertiary/aromatic N) is 1. The summed E-state index contributed by atoms with van der Waals surface area (Å²) >= 11 is 10.9. The van der Waals surface area contributed by atoms with Crippen molar-refractivity contribution in [1.29, 1.82) is 0 Å². The summed E-state index contributed by atoms with van der Waals surface area (Å²) in [6, 6.07) is 5.36. The first-order valence-corrected chi connectivity index (χ1v) is 5.69. The van der Waals surface area contributed by atoms with Crippen molar-refractivity contribution in [2.75, 3.05) is 18.5 Å². The van der Waals surface area contributed by atoms with Gasteiger partial charge in [-0.3, -0.25) is 0 Å². The van der Waals surface area contributed by atoms with E-state index in [9.17, 15) is 5.11 Å². The van der Waals surface area contributed by atoms with Crippen molar-refractivity contribution in [1.82, 2.24) is 0 Å². The fourth-order valence-corrected chi connectivity index (χ4v) is 1.87. The number of anilines is 1. The van der Waals surface area contributed by atoms with E-state index in [1.54, 1.807) is 19.1 Å². The molecule has 16 heavy (non-hydrogen) atoms. The largest absolute Gasteiger partial charge is 0.392 e. The third kappa shape index (κ3) is 3.33. The first-order valence-electron chi connectivity index (χ1n) is 4.90. The molecule has 0 aliphatic carbocycles. The van der Waals surface area contributed by atoms with Crippen LogP contribution in [0.5, 0.6) is 0 Å². The van der Waals surface area contributed by atoms with Crippen LogP contribution in [0.4, 0.5) is 5.69 Å². The second-order valence-corrected chi connectivity index (χ2v) is 4.63. The summed E-state index contributed by atoms with van der Waals surface area (Å²) in [5.41, 5.74) is 7.24. The predicted octanol–water partition coefficient (Wildman–Crippen LogP) is 1.79. The van der Waals surface area contributed by atoms with Gasteiger partial charge in [-0.1, -0.05) is 23.8 Å². The molecule has 0 amide bonds. The minimum atomic E-state index is -0.417. The molecule has 3 N–H and O–H groups in total. The van der Waals surface area contributed by atoms with Crippen LogP contribution in [0.1, 0.15) is 12.5 Å². The van der Waals surface area contributed by atoms with Crippen LogP contribution in [0.25, 0.3) is 0 Å². The van der Waals surface area contributed by atoms with Gasteiger partial charge in [0.05, 0.1) is 6.10 Å². The lowest BCUT2D eigenvalue weighted by Gasteiger charge is -2.23. The Hall–Kier alpha value is -0.840. The van der Waals surface area contributed by atoms with Gasteiger partial charge < -0.3 is 15.7 Å². The molecule has 0 radical (unpaired) electrons. The second-order valence-electron chi connectivity index (χ2n) is 3.76. The predicted molar refractivity (Wildman–Crippen MR) is 72.3 cm³/mol. The van der Waals surface area contributed by atoms with Crippen LogP contribution in [0, 0.1) is 0 Å². The van der Waals surface area contributed by atoms with Crippen molar-refractivity contribution >= 4 is 34.5 Å². The van der Waals surface area contributed by atoms with Crippen LogP contribution in [0.15, 0.2) is 18.2 Å². The van der Waals surface area contributed by atoms with Crippen LogP contribution in [-0.4, -0.2) is 29.8 Å². The molecule has 0 spiro atoms. The Morgan fingerprint density at radius 1 is 1.62 bits per heavy atom. The summed E-state index contributed by atoms with van der Waals surface area (Å²) in [7, 11) is 1.87. The van der Waals surface area contributed by atoms with Crippen LogP contribution in [0.2, 0.25) is 5.02 Å². The lowest BCUT2D eigenvalue weighted by molar-refractivity contribution is 0.201. The molecule has 0 aliphatic rings. The van der Waals surface area contributed by atoms with Crippen molar-refractivity contribution in [3.05, 3.63) is 28.8 Å². The molecule has 1 aromatic carbocycles. The third-order valence-electron chi connectivity index (χ3n) is 2.17. The molecule has 0 bridgehead atoms. The van der Waals surface area contributed by atoms with Gasteiger partial charge in [0.2, 0.25) is 0 Å². The Balaban J connectivity index is 3.07. The zero-order chi connectivity index (χ0) is 12.3. The van der Waals surface area contributed by atoms with E-state index < -0.39 is 6.10 Å². The molecule has 1 rings (SSSR count). The average Bonchev–Trinajstić information content (AvgIpc) is 2.16.